The van der Waals surface area contributed by atoms with E-state index in [1.807, 2.05) is 6.08 Å². The van der Waals surface area contributed by atoms with Gasteiger partial charge in [-0.3, -0.25) is 8.98 Å². The molecule has 0 saturated carbocycles. The van der Waals surface area contributed by atoms with E-state index in [4.69, 9.17) is 5.73 Å². The predicted molar refractivity (Wildman–Crippen MR) is 73.3 cm³/mol. The highest BCUT2D eigenvalue weighted by atomic mass is 32.3. The van der Waals surface area contributed by atoms with Gasteiger partial charge < -0.3 is 15.2 Å². The Kier molecular flexibility index (Phi) is 16.4. The first-order chi connectivity index (χ1) is 8.47. The number of primary amides is 1. The summed E-state index contributed by atoms with van der Waals surface area (Å²) in [6.45, 7) is 3.79. The standard InChI is InChI=1S/C7H13NO.C3H9N.CH4O4S/c1-3-4-5-6(2)7(8)9;1-4(2)3;1-5-6(2,3)4/h5H,3-4H2,1-2H3,(H2,8,9);1-3H3;1H3,(H,2,3,4). The summed E-state index contributed by atoms with van der Waals surface area (Å²) >= 11 is 0. The van der Waals surface area contributed by atoms with Crippen molar-refractivity contribution in [1.82, 2.24) is 0 Å². The van der Waals surface area contributed by atoms with E-state index in [9.17, 15) is 17.8 Å². The van der Waals surface area contributed by atoms with Crippen molar-refractivity contribution in [1.29, 1.82) is 0 Å². The van der Waals surface area contributed by atoms with Crippen LogP contribution in [-0.2, 0) is 19.4 Å². The zero-order valence-electron chi connectivity index (χ0n) is 12.5. The number of carbonyl (C=O) groups is 1. The number of allylic oxidation sites excluding steroid dienone is 1. The van der Waals surface area contributed by atoms with Gasteiger partial charge in [0.15, 0.2) is 0 Å². The molecule has 0 saturated heterocycles. The zero-order chi connectivity index (χ0) is 16.1. The molecule has 3 N–H and O–H groups in total. The second kappa shape index (κ2) is 13.5. The molecule has 0 aromatic heterocycles. The minimum absolute atomic E-state index is 0.316. The number of hydrogen-bond donors (Lipinski definition) is 2. The van der Waals surface area contributed by atoms with Gasteiger partial charge in [0.1, 0.15) is 0 Å². The summed E-state index contributed by atoms with van der Waals surface area (Å²) in [5.74, 6) is -0.316. The summed E-state index contributed by atoms with van der Waals surface area (Å²) in [7, 11) is 2.65. The molecule has 0 aliphatic rings. The van der Waals surface area contributed by atoms with Crippen LogP contribution in [0.4, 0.5) is 0 Å². The van der Waals surface area contributed by atoms with Crippen LogP contribution in [0.25, 0.3) is 0 Å². The number of nitrogens with two attached hydrogens (primary N) is 1. The number of rotatable bonds is 4. The van der Waals surface area contributed by atoms with Crippen LogP contribution in [0.1, 0.15) is 26.7 Å². The van der Waals surface area contributed by atoms with Crippen LogP contribution in [0.5, 0.6) is 0 Å². The lowest BCUT2D eigenvalue weighted by atomic mass is 10.2. The zero-order valence-corrected chi connectivity index (χ0v) is 13.3. The molecular formula is C11H26N2O5S. The van der Waals surface area contributed by atoms with Crippen molar-refractivity contribution >= 4 is 16.3 Å². The van der Waals surface area contributed by atoms with Gasteiger partial charge in [-0.15, -0.1) is 0 Å². The molecule has 0 atom stereocenters. The van der Waals surface area contributed by atoms with Crippen molar-refractivity contribution in [2.45, 2.75) is 26.7 Å². The molecule has 0 fully saturated rings. The Morgan fingerprint density at radius 1 is 1.37 bits per heavy atom. The van der Waals surface area contributed by atoms with Crippen LogP contribution >= 0.6 is 0 Å². The van der Waals surface area contributed by atoms with Gasteiger partial charge in [0.2, 0.25) is 16.3 Å². The van der Waals surface area contributed by atoms with Gasteiger partial charge in [-0.05, 0) is 13.3 Å². The molecule has 0 aromatic rings. The molecule has 0 radical (unpaired) electrons. The number of unbranched alkanes of at least 4 members (excludes halogenated alkanes) is 1. The number of hydrogen-bond acceptors (Lipinski definition) is 5. The molecule has 1 amide bonds. The molecule has 0 aliphatic carbocycles. The van der Waals surface area contributed by atoms with E-state index in [0.29, 0.717) is 5.57 Å². The van der Waals surface area contributed by atoms with Gasteiger partial charge >= 0.3 is 0 Å². The van der Waals surface area contributed by atoms with Gasteiger partial charge in [-0.1, -0.05) is 19.4 Å². The lowest BCUT2D eigenvalue weighted by Crippen LogP contribution is -3.02. The summed E-state index contributed by atoms with van der Waals surface area (Å²) < 4.78 is 31.0. The van der Waals surface area contributed by atoms with Crippen molar-refractivity contribution in [3.05, 3.63) is 11.6 Å². The molecule has 0 aliphatic heterocycles. The highest BCUT2D eigenvalue weighted by Gasteiger charge is 1.93. The second-order valence-corrected chi connectivity index (χ2v) is 5.26. The van der Waals surface area contributed by atoms with Crippen LogP contribution in [-0.4, -0.2) is 47.1 Å². The van der Waals surface area contributed by atoms with Crippen molar-refractivity contribution in [3.63, 3.8) is 0 Å². The molecule has 0 heterocycles. The lowest BCUT2D eigenvalue weighted by Gasteiger charge is -1.98. The first-order valence-electron chi connectivity index (χ1n) is 5.72. The normalized spacial score (nSPS) is 11.1. The monoisotopic (exact) mass is 298 g/mol. The van der Waals surface area contributed by atoms with Crippen LogP contribution in [0.15, 0.2) is 11.6 Å². The van der Waals surface area contributed by atoms with Crippen molar-refractivity contribution in [2.75, 3.05) is 28.3 Å². The maximum absolute atomic E-state index is 10.4. The molecule has 0 rings (SSSR count). The number of quaternary nitrogens is 1. The smallest absolute Gasteiger partial charge is 0.244 e. The average Bonchev–Trinajstić information content (AvgIpc) is 2.24. The second-order valence-electron chi connectivity index (χ2n) is 4.11. The van der Waals surface area contributed by atoms with Crippen LogP contribution in [0.2, 0.25) is 0 Å². The largest absolute Gasteiger partial charge is 0.726 e. The van der Waals surface area contributed by atoms with Crippen molar-refractivity contribution < 1.29 is 26.8 Å². The molecular weight excluding hydrogens is 272 g/mol. The van der Waals surface area contributed by atoms with E-state index >= 15 is 0 Å². The van der Waals surface area contributed by atoms with Gasteiger partial charge in [0, 0.05) is 5.57 Å². The maximum Gasteiger partial charge on any atom is 0.244 e. The fourth-order valence-electron chi connectivity index (χ4n) is 0.461. The predicted octanol–water partition coefficient (Wildman–Crippen LogP) is -0.928. The Labute approximate surface area is 116 Å². The molecule has 0 aromatic carbocycles. The number of amides is 1. The molecule has 116 valence electrons. The van der Waals surface area contributed by atoms with Gasteiger partial charge in [0.05, 0.1) is 28.3 Å². The third kappa shape index (κ3) is 38.2. The molecule has 19 heavy (non-hydrogen) atoms. The summed E-state index contributed by atoms with van der Waals surface area (Å²) in [6, 6.07) is 0. The summed E-state index contributed by atoms with van der Waals surface area (Å²) in [6.07, 6.45) is 3.86. The summed E-state index contributed by atoms with van der Waals surface area (Å²) in [5, 5.41) is 0. The molecule has 8 heteroatoms. The van der Waals surface area contributed by atoms with E-state index in [-0.39, 0.29) is 5.91 Å². The van der Waals surface area contributed by atoms with Crippen LogP contribution in [0, 0.1) is 0 Å². The Morgan fingerprint density at radius 3 is 1.84 bits per heavy atom. The highest BCUT2D eigenvalue weighted by Crippen LogP contribution is 1.95. The fourth-order valence-corrected chi connectivity index (χ4v) is 0.461. The SMILES string of the molecule is CCCC=C(C)C(N)=O.COS(=O)(=O)[O-].C[NH+](C)C. The summed E-state index contributed by atoms with van der Waals surface area (Å²) in [4.78, 5) is 11.8. The molecule has 7 nitrogen and oxygen atoms in total. The first kappa shape index (κ1) is 23.2. The maximum atomic E-state index is 10.4. The van der Waals surface area contributed by atoms with E-state index in [2.05, 4.69) is 32.2 Å². The van der Waals surface area contributed by atoms with E-state index in [1.54, 1.807) is 6.92 Å². The highest BCUT2D eigenvalue weighted by molar-refractivity contribution is 7.80. The van der Waals surface area contributed by atoms with Crippen LogP contribution < -0.4 is 10.6 Å². The minimum atomic E-state index is -4.41. The Morgan fingerprint density at radius 2 is 1.68 bits per heavy atom. The van der Waals surface area contributed by atoms with E-state index in [0.717, 1.165) is 20.0 Å². The fraction of sp³-hybridized carbons (Fsp3) is 0.727. The van der Waals surface area contributed by atoms with Gasteiger partial charge in [0.25, 0.3) is 0 Å². The average molecular weight is 298 g/mol. The third-order valence-corrected chi connectivity index (χ3v) is 1.74. The van der Waals surface area contributed by atoms with E-state index in [1.165, 1.54) is 4.90 Å². The van der Waals surface area contributed by atoms with Crippen molar-refractivity contribution in [2.24, 2.45) is 5.73 Å². The molecule has 0 bridgehead atoms. The molecule has 0 spiro atoms. The topological polar surface area (TPSA) is 114 Å². The number of carbonyl (C=O) groups excluding carboxylic acids is 1. The third-order valence-electron chi connectivity index (χ3n) is 1.33. The minimum Gasteiger partial charge on any atom is -0.726 e. The van der Waals surface area contributed by atoms with E-state index < -0.39 is 10.4 Å². The Bertz CT molecular complexity index is 347. The Balaban J connectivity index is -0.000000222. The van der Waals surface area contributed by atoms with Gasteiger partial charge in [-0.2, -0.15) is 0 Å². The lowest BCUT2D eigenvalue weighted by molar-refractivity contribution is -0.836. The van der Waals surface area contributed by atoms with Gasteiger partial charge in [-0.25, -0.2) is 8.42 Å². The summed E-state index contributed by atoms with van der Waals surface area (Å²) in [5.41, 5.74) is 5.63. The van der Waals surface area contributed by atoms with Crippen molar-refractivity contribution in [3.8, 4) is 0 Å². The first-order valence-corrected chi connectivity index (χ1v) is 7.06. The Hall–Kier alpha value is -0.960. The number of nitrogens with one attached hydrogen (secondary N) is 1. The quantitative estimate of drug-likeness (QED) is 0.395. The van der Waals surface area contributed by atoms with Crippen LogP contribution in [0.3, 0.4) is 0 Å². The molecule has 0 unspecified atom stereocenters.